The number of aliphatic hydroxyl groups excluding tert-OH is 1. The Hall–Kier alpha value is -1.35. The molecule has 1 atom stereocenters. The fraction of sp³-hybridized carbons (Fsp3) is 0.429. The Bertz CT molecular complexity index is 566. The van der Waals surface area contributed by atoms with Crippen LogP contribution in [0.4, 0.5) is 0 Å². The highest BCUT2D eigenvalue weighted by Gasteiger charge is 2.09. The summed E-state index contributed by atoms with van der Waals surface area (Å²) in [5, 5.41) is 17.5. The minimum Gasteiger partial charge on any atom is -0.493 e. The van der Waals surface area contributed by atoms with Crippen LogP contribution in [0.2, 0.25) is 0 Å². The van der Waals surface area contributed by atoms with E-state index in [0.717, 1.165) is 9.90 Å². The molecule has 2 rings (SSSR count). The summed E-state index contributed by atoms with van der Waals surface area (Å²) in [5.41, 5.74) is 2.63. The van der Waals surface area contributed by atoms with Crippen molar-refractivity contribution in [1.29, 1.82) is 0 Å². The van der Waals surface area contributed by atoms with Gasteiger partial charge in [0.15, 0.2) is 15.8 Å². The van der Waals surface area contributed by atoms with Gasteiger partial charge in [-0.05, 0) is 17.7 Å². The van der Waals surface area contributed by atoms with E-state index in [2.05, 4.69) is 10.2 Å². The molecule has 1 aromatic heterocycles. The zero-order valence-electron chi connectivity index (χ0n) is 12.4. The van der Waals surface area contributed by atoms with Crippen molar-refractivity contribution in [3.8, 4) is 11.5 Å². The van der Waals surface area contributed by atoms with Crippen molar-refractivity contribution in [1.82, 2.24) is 10.2 Å². The third kappa shape index (κ3) is 5.13. The molecule has 1 aromatic carbocycles. The normalized spacial score (nSPS) is 12.1. The molecular formula is C14H18N2O4S2. The Labute approximate surface area is 137 Å². The average Bonchev–Trinajstić information content (AvgIpc) is 3.06. The number of ether oxygens (including phenoxy) is 3. The molecule has 0 bridgehead atoms. The van der Waals surface area contributed by atoms with Crippen LogP contribution in [0.5, 0.6) is 11.5 Å². The molecule has 1 unspecified atom stereocenters. The number of rotatable bonds is 9. The van der Waals surface area contributed by atoms with Crippen molar-refractivity contribution in [2.75, 3.05) is 26.6 Å². The maximum atomic E-state index is 9.87. The highest BCUT2D eigenvalue weighted by atomic mass is 32.2. The van der Waals surface area contributed by atoms with Crippen molar-refractivity contribution >= 4 is 23.1 Å². The molecule has 0 spiro atoms. The summed E-state index contributed by atoms with van der Waals surface area (Å²) in [6, 6.07) is 5.60. The van der Waals surface area contributed by atoms with E-state index >= 15 is 0 Å². The van der Waals surface area contributed by atoms with Gasteiger partial charge in [-0.15, -0.1) is 10.2 Å². The van der Waals surface area contributed by atoms with E-state index in [1.165, 1.54) is 23.1 Å². The lowest BCUT2D eigenvalue weighted by Gasteiger charge is -2.12. The van der Waals surface area contributed by atoms with Crippen molar-refractivity contribution in [3.63, 3.8) is 0 Å². The Morgan fingerprint density at radius 1 is 1.27 bits per heavy atom. The third-order valence-electron chi connectivity index (χ3n) is 2.77. The summed E-state index contributed by atoms with van der Waals surface area (Å²) in [6.07, 6.45) is -0.547. The lowest BCUT2D eigenvalue weighted by molar-refractivity contribution is 0.0397. The molecule has 0 aliphatic carbocycles. The van der Waals surface area contributed by atoms with Gasteiger partial charge in [-0.2, -0.15) is 0 Å². The minimum absolute atomic E-state index is 0.264. The van der Waals surface area contributed by atoms with Gasteiger partial charge in [-0.3, -0.25) is 0 Å². The number of aromatic nitrogens is 2. The van der Waals surface area contributed by atoms with E-state index in [-0.39, 0.29) is 6.61 Å². The summed E-state index contributed by atoms with van der Waals surface area (Å²) in [6.45, 7) is 0.668. The Kier molecular flexibility index (Phi) is 6.91. The number of aliphatic hydroxyl groups is 1. The Morgan fingerprint density at radius 3 is 2.77 bits per heavy atom. The summed E-state index contributed by atoms with van der Waals surface area (Å²) < 4.78 is 16.8. The SMILES string of the molecule is COc1ccc(COCC(O)CSc2nncs2)cc1OC. The van der Waals surface area contributed by atoms with Gasteiger partial charge >= 0.3 is 0 Å². The predicted molar refractivity (Wildman–Crippen MR) is 85.8 cm³/mol. The van der Waals surface area contributed by atoms with Crippen LogP contribution in [0.3, 0.4) is 0 Å². The largest absolute Gasteiger partial charge is 0.493 e. The number of methoxy groups -OCH3 is 2. The number of hydrogen-bond donors (Lipinski definition) is 1. The topological polar surface area (TPSA) is 73.7 Å². The molecule has 0 saturated carbocycles. The Balaban J connectivity index is 1.73. The zero-order chi connectivity index (χ0) is 15.8. The molecule has 0 amide bonds. The third-order valence-corrected chi connectivity index (χ3v) is 4.77. The van der Waals surface area contributed by atoms with Crippen LogP contribution in [0.15, 0.2) is 28.0 Å². The molecule has 2 aromatic rings. The van der Waals surface area contributed by atoms with E-state index in [1.807, 2.05) is 18.2 Å². The van der Waals surface area contributed by atoms with Crippen LogP contribution in [0, 0.1) is 0 Å². The van der Waals surface area contributed by atoms with Gasteiger partial charge < -0.3 is 19.3 Å². The van der Waals surface area contributed by atoms with Crippen LogP contribution < -0.4 is 9.47 Å². The standard InChI is InChI=1S/C14H18N2O4S2/c1-18-12-4-3-10(5-13(12)19-2)6-20-7-11(17)8-21-14-16-15-9-22-14/h3-5,9,11,17H,6-8H2,1-2H3. The molecule has 8 heteroatoms. The van der Waals surface area contributed by atoms with E-state index in [0.29, 0.717) is 23.9 Å². The zero-order valence-corrected chi connectivity index (χ0v) is 14.0. The van der Waals surface area contributed by atoms with E-state index in [4.69, 9.17) is 14.2 Å². The van der Waals surface area contributed by atoms with Gasteiger partial charge in [0.2, 0.25) is 0 Å². The van der Waals surface area contributed by atoms with E-state index < -0.39 is 6.10 Å². The summed E-state index contributed by atoms with van der Waals surface area (Å²) in [5.74, 6) is 1.87. The maximum absolute atomic E-state index is 9.87. The second-order valence-corrected chi connectivity index (χ2v) is 6.47. The van der Waals surface area contributed by atoms with Gasteiger partial charge in [0.05, 0.1) is 33.5 Å². The number of benzene rings is 1. The highest BCUT2D eigenvalue weighted by molar-refractivity contribution is 8.01. The molecule has 120 valence electrons. The molecule has 22 heavy (non-hydrogen) atoms. The first-order valence-electron chi connectivity index (χ1n) is 6.58. The second-order valence-electron chi connectivity index (χ2n) is 4.37. The molecular weight excluding hydrogens is 324 g/mol. The molecule has 0 radical (unpaired) electrons. The first kappa shape index (κ1) is 17.0. The lowest BCUT2D eigenvalue weighted by atomic mass is 10.2. The quantitative estimate of drug-likeness (QED) is 0.700. The van der Waals surface area contributed by atoms with Gasteiger partial charge in [0.25, 0.3) is 0 Å². The lowest BCUT2D eigenvalue weighted by Crippen LogP contribution is -2.17. The average molecular weight is 342 g/mol. The van der Waals surface area contributed by atoms with Gasteiger partial charge in [-0.25, -0.2) is 0 Å². The molecule has 0 aliphatic heterocycles. The van der Waals surface area contributed by atoms with Crippen LogP contribution >= 0.6 is 23.1 Å². The van der Waals surface area contributed by atoms with Crippen molar-refractivity contribution < 1.29 is 19.3 Å². The van der Waals surface area contributed by atoms with Gasteiger partial charge in [0.1, 0.15) is 5.51 Å². The van der Waals surface area contributed by atoms with Crippen molar-refractivity contribution in [3.05, 3.63) is 29.3 Å². The monoisotopic (exact) mass is 342 g/mol. The second kappa shape index (κ2) is 8.94. The summed E-state index contributed by atoms with van der Waals surface area (Å²) >= 11 is 2.93. The van der Waals surface area contributed by atoms with Crippen molar-refractivity contribution in [2.24, 2.45) is 0 Å². The van der Waals surface area contributed by atoms with Gasteiger partial charge in [-0.1, -0.05) is 29.2 Å². The predicted octanol–water partition coefficient (Wildman–Crippen LogP) is 2.23. The number of thioether (sulfide) groups is 1. The summed E-state index contributed by atoms with van der Waals surface area (Å²) in [7, 11) is 3.19. The molecule has 0 saturated heterocycles. The molecule has 0 fully saturated rings. The highest BCUT2D eigenvalue weighted by Crippen LogP contribution is 2.27. The number of nitrogens with zero attached hydrogens (tertiary/aromatic N) is 2. The van der Waals surface area contributed by atoms with Crippen molar-refractivity contribution in [2.45, 2.75) is 17.1 Å². The Morgan fingerprint density at radius 2 is 2.09 bits per heavy atom. The fourth-order valence-electron chi connectivity index (χ4n) is 1.72. The van der Waals surface area contributed by atoms with Gasteiger partial charge in [0, 0.05) is 5.75 Å². The van der Waals surface area contributed by atoms with Crippen LogP contribution in [-0.2, 0) is 11.3 Å². The van der Waals surface area contributed by atoms with Crippen LogP contribution in [0.25, 0.3) is 0 Å². The number of hydrogen-bond acceptors (Lipinski definition) is 8. The maximum Gasteiger partial charge on any atom is 0.174 e. The smallest absolute Gasteiger partial charge is 0.174 e. The summed E-state index contributed by atoms with van der Waals surface area (Å²) in [4.78, 5) is 0. The molecule has 1 N–H and O–H groups in total. The van der Waals surface area contributed by atoms with E-state index in [1.54, 1.807) is 19.7 Å². The molecule has 6 nitrogen and oxygen atoms in total. The molecule has 0 aliphatic rings. The fourth-order valence-corrected chi connectivity index (χ4v) is 3.14. The first-order valence-corrected chi connectivity index (χ1v) is 8.45. The van der Waals surface area contributed by atoms with Crippen LogP contribution in [0.1, 0.15) is 5.56 Å². The first-order chi connectivity index (χ1) is 10.7. The van der Waals surface area contributed by atoms with E-state index in [9.17, 15) is 5.11 Å². The van der Waals surface area contributed by atoms with Crippen LogP contribution in [-0.4, -0.2) is 48.0 Å². The minimum atomic E-state index is -0.547. The molecule has 1 heterocycles.